The molecule has 164 valence electrons. The topological polar surface area (TPSA) is 77.5 Å². The van der Waals surface area contributed by atoms with E-state index in [0.717, 1.165) is 55.0 Å². The van der Waals surface area contributed by atoms with E-state index in [1.807, 2.05) is 25.8 Å². The van der Waals surface area contributed by atoms with Crippen molar-refractivity contribution in [1.29, 1.82) is 0 Å². The van der Waals surface area contributed by atoms with Crippen molar-refractivity contribution in [1.82, 2.24) is 29.5 Å². The number of amides is 1. The van der Waals surface area contributed by atoms with Gasteiger partial charge in [0.2, 0.25) is 5.91 Å². The van der Waals surface area contributed by atoms with Gasteiger partial charge in [-0.25, -0.2) is 0 Å². The van der Waals surface area contributed by atoms with Crippen LogP contribution >= 0.6 is 0 Å². The zero-order chi connectivity index (χ0) is 21.4. The van der Waals surface area contributed by atoms with Gasteiger partial charge in [0.15, 0.2) is 0 Å². The molecule has 4 heterocycles. The molecule has 2 aromatic heterocycles. The van der Waals surface area contributed by atoms with Gasteiger partial charge in [0.25, 0.3) is 5.56 Å². The van der Waals surface area contributed by atoms with Crippen LogP contribution in [0.5, 0.6) is 0 Å². The van der Waals surface area contributed by atoms with Crippen LogP contribution in [0.4, 0.5) is 0 Å². The van der Waals surface area contributed by atoms with Crippen LogP contribution in [0.25, 0.3) is 11.0 Å². The maximum Gasteiger partial charge on any atom is 0.253 e. The summed E-state index contributed by atoms with van der Waals surface area (Å²) in [7, 11) is 4.03. The van der Waals surface area contributed by atoms with E-state index in [-0.39, 0.29) is 11.5 Å². The smallest absolute Gasteiger partial charge is 0.253 e. The van der Waals surface area contributed by atoms with Crippen molar-refractivity contribution >= 4 is 16.9 Å². The molecule has 2 aliphatic heterocycles. The number of likely N-dealkylation sites (N-methyl/N-ethyl adjacent to an activating group) is 1. The van der Waals surface area contributed by atoms with E-state index in [1.165, 1.54) is 19.4 Å². The predicted octanol–water partition coefficient (Wildman–Crippen LogP) is 1.05. The van der Waals surface area contributed by atoms with Crippen LogP contribution in [-0.2, 0) is 18.3 Å². The molecule has 2 aromatic rings. The lowest BCUT2D eigenvalue weighted by molar-refractivity contribution is -0.133. The summed E-state index contributed by atoms with van der Waals surface area (Å²) >= 11 is 0. The van der Waals surface area contributed by atoms with E-state index in [1.54, 1.807) is 4.68 Å². The minimum Gasteiger partial charge on any atom is -0.340 e. The number of aryl methyl sites for hydroxylation is 3. The number of carbonyl (C=O) groups is 1. The molecule has 0 radical (unpaired) electrons. The number of carbonyl (C=O) groups excluding carboxylic acids is 1. The maximum atomic E-state index is 12.8. The summed E-state index contributed by atoms with van der Waals surface area (Å²) in [6, 6.07) is 0.622. The van der Waals surface area contributed by atoms with Gasteiger partial charge in [-0.05, 0) is 52.3 Å². The first-order chi connectivity index (χ1) is 14.3. The molecule has 0 saturated carbocycles. The summed E-state index contributed by atoms with van der Waals surface area (Å²) in [5, 5.41) is 5.41. The number of rotatable bonds is 4. The molecule has 2 aliphatic rings. The monoisotopic (exact) mass is 414 g/mol. The van der Waals surface area contributed by atoms with E-state index >= 15 is 0 Å². The number of likely N-dealkylation sites (tertiary alicyclic amines) is 1. The fourth-order valence-corrected chi connectivity index (χ4v) is 5.22. The summed E-state index contributed by atoms with van der Waals surface area (Å²) in [5.74, 6) is 0.150. The van der Waals surface area contributed by atoms with Crippen molar-refractivity contribution in [2.24, 2.45) is 7.05 Å². The van der Waals surface area contributed by atoms with Gasteiger partial charge in [-0.1, -0.05) is 0 Å². The van der Waals surface area contributed by atoms with Gasteiger partial charge in [0.05, 0.1) is 5.69 Å². The second kappa shape index (κ2) is 8.51. The maximum absolute atomic E-state index is 12.8. The van der Waals surface area contributed by atoms with Crippen LogP contribution in [-0.4, -0.2) is 87.7 Å². The summed E-state index contributed by atoms with van der Waals surface area (Å²) in [6.45, 7) is 9.71. The van der Waals surface area contributed by atoms with Crippen molar-refractivity contribution < 1.29 is 4.79 Å². The standard InChI is InChI=1S/C22H34N6O2/c1-15-18(22(30)23-21-20(15)16(2)24-26(21)4)7-8-19(29)28-12-10-27(11-13-28)17-6-5-9-25(3)14-17/h17H,5-14H2,1-4H3,(H,23,30). The number of aromatic amines is 1. The molecule has 8 nitrogen and oxygen atoms in total. The fourth-order valence-electron chi connectivity index (χ4n) is 5.22. The Balaban J connectivity index is 1.36. The second-order valence-electron chi connectivity index (χ2n) is 8.97. The van der Waals surface area contributed by atoms with Crippen molar-refractivity contribution in [2.75, 3.05) is 46.3 Å². The number of hydrogen-bond acceptors (Lipinski definition) is 5. The zero-order valence-corrected chi connectivity index (χ0v) is 18.7. The Hall–Kier alpha value is -2.19. The Morgan fingerprint density at radius 2 is 1.87 bits per heavy atom. The zero-order valence-electron chi connectivity index (χ0n) is 18.7. The Kier molecular flexibility index (Phi) is 5.97. The molecule has 0 aromatic carbocycles. The van der Waals surface area contributed by atoms with Crippen LogP contribution in [0.1, 0.15) is 36.1 Å². The second-order valence-corrected chi connectivity index (χ2v) is 8.97. The van der Waals surface area contributed by atoms with Crippen molar-refractivity contribution in [3.05, 3.63) is 27.2 Å². The fraction of sp³-hybridized carbons (Fsp3) is 0.682. The third kappa shape index (κ3) is 4.03. The first kappa shape index (κ1) is 21.1. The van der Waals surface area contributed by atoms with Gasteiger partial charge in [-0.2, -0.15) is 5.10 Å². The molecule has 30 heavy (non-hydrogen) atoms. The number of nitrogens with zero attached hydrogens (tertiary/aromatic N) is 5. The average molecular weight is 415 g/mol. The van der Waals surface area contributed by atoms with Gasteiger partial charge in [0.1, 0.15) is 5.65 Å². The first-order valence-corrected chi connectivity index (χ1v) is 11.1. The number of H-pyrrole nitrogens is 1. The quantitative estimate of drug-likeness (QED) is 0.809. The van der Waals surface area contributed by atoms with Gasteiger partial charge in [0, 0.05) is 63.2 Å². The first-order valence-electron chi connectivity index (χ1n) is 11.1. The normalized spacial score (nSPS) is 21.5. The molecule has 1 atom stereocenters. The van der Waals surface area contributed by atoms with Crippen LogP contribution < -0.4 is 5.56 Å². The summed E-state index contributed by atoms with van der Waals surface area (Å²) < 4.78 is 1.71. The van der Waals surface area contributed by atoms with Crippen molar-refractivity contribution in [3.63, 3.8) is 0 Å². The highest BCUT2D eigenvalue weighted by Gasteiger charge is 2.28. The number of pyridine rings is 1. The van der Waals surface area contributed by atoms with Crippen LogP contribution in [0.2, 0.25) is 0 Å². The number of hydrogen-bond donors (Lipinski definition) is 1. The third-order valence-corrected chi connectivity index (χ3v) is 6.93. The summed E-state index contributed by atoms with van der Waals surface area (Å²) in [4.78, 5) is 35.3. The average Bonchev–Trinajstić information content (AvgIpc) is 3.01. The van der Waals surface area contributed by atoms with E-state index in [4.69, 9.17) is 0 Å². The van der Waals surface area contributed by atoms with E-state index in [9.17, 15) is 9.59 Å². The SMILES string of the molecule is Cc1nn(C)c2[nH]c(=O)c(CCC(=O)N3CCN(C4CCCN(C)C4)CC3)c(C)c12. The Bertz CT molecular complexity index is 986. The molecule has 1 unspecified atom stereocenters. The lowest BCUT2D eigenvalue weighted by Gasteiger charge is -2.42. The Labute approximate surface area is 177 Å². The largest absolute Gasteiger partial charge is 0.340 e. The van der Waals surface area contributed by atoms with Crippen LogP contribution in [0.15, 0.2) is 4.79 Å². The van der Waals surface area contributed by atoms with Crippen molar-refractivity contribution in [3.8, 4) is 0 Å². The third-order valence-electron chi connectivity index (χ3n) is 6.93. The molecular formula is C22H34N6O2. The highest BCUT2D eigenvalue weighted by atomic mass is 16.2. The highest BCUT2D eigenvalue weighted by Crippen LogP contribution is 2.22. The molecular weight excluding hydrogens is 380 g/mol. The lowest BCUT2D eigenvalue weighted by atomic mass is 10.0. The van der Waals surface area contributed by atoms with Gasteiger partial charge < -0.3 is 14.8 Å². The number of piperidine rings is 1. The van der Waals surface area contributed by atoms with E-state index in [0.29, 0.717) is 24.4 Å². The molecule has 4 rings (SSSR count). The van der Waals surface area contributed by atoms with Gasteiger partial charge >= 0.3 is 0 Å². The molecule has 8 heteroatoms. The lowest BCUT2D eigenvalue weighted by Crippen LogP contribution is -2.55. The highest BCUT2D eigenvalue weighted by molar-refractivity contribution is 5.83. The van der Waals surface area contributed by atoms with Gasteiger partial charge in [-0.15, -0.1) is 0 Å². The predicted molar refractivity (Wildman–Crippen MR) is 118 cm³/mol. The van der Waals surface area contributed by atoms with Crippen molar-refractivity contribution in [2.45, 2.75) is 45.6 Å². The molecule has 0 aliphatic carbocycles. The molecule has 0 bridgehead atoms. The number of nitrogens with one attached hydrogen (secondary N) is 1. The molecule has 0 spiro atoms. The van der Waals surface area contributed by atoms with E-state index < -0.39 is 0 Å². The van der Waals surface area contributed by atoms with Gasteiger partial charge in [-0.3, -0.25) is 19.2 Å². The van der Waals surface area contributed by atoms with E-state index in [2.05, 4.69) is 26.9 Å². The summed E-state index contributed by atoms with van der Waals surface area (Å²) in [6.07, 6.45) is 3.37. The number of piperazine rings is 1. The minimum atomic E-state index is -0.109. The number of fused-ring (bicyclic) bond motifs is 1. The van der Waals surface area contributed by atoms with Crippen LogP contribution in [0.3, 0.4) is 0 Å². The number of aromatic nitrogens is 3. The Morgan fingerprint density at radius 3 is 2.57 bits per heavy atom. The molecule has 1 N–H and O–H groups in total. The molecule has 1 amide bonds. The van der Waals surface area contributed by atoms with Crippen LogP contribution in [0, 0.1) is 13.8 Å². The Morgan fingerprint density at radius 1 is 1.13 bits per heavy atom. The summed E-state index contributed by atoms with van der Waals surface area (Å²) in [5.41, 5.74) is 3.18. The minimum absolute atomic E-state index is 0.109. The molecule has 2 saturated heterocycles. The molecule has 2 fully saturated rings.